The number of imidazole rings is 1. The normalized spacial score (nSPS) is 11.2. The molecule has 0 N–H and O–H groups in total. The maximum absolute atomic E-state index is 5.93. The van der Waals surface area contributed by atoms with Crippen molar-refractivity contribution in [2.24, 2.45) is 0 Å². The zero-order valence-corrected chi connectivity index (χ0v) is 15.2. The molecule has 0 unspecified atom stereocenters. The summed E-state index contributed by atoms with van der Waals surface area (Å²) in [7, 11) is 0. The maximum atomic E-state index is 5.93. The van der Waals surface area contributed by atoms with E-state index in [1.165, 1.54) is 10.4 Å². The summed E-state index contributed by atoms with van der Waals surface area (Å²) in [6, 6.07) is 16.2. The third kappa shape index (κ3) is 3.20. The van der Waals surface area contributed by atoms with E-state index in [1.807, 2.05) is 24.3 Å². The SMILES string of the molecule is Clc1ccc(Cc2cn3cc(-c4ccc(Br)cc4)nc3s2)cc1. The third-order valence-electron chi connectivity index (χ3n) is 3.64. The van der Waals surface area contributed by atoms with Crippen molar-refractivity contribution in [3.8, 4) is 11.3 Å². The van der Waals surface area contributed by atoms with Crippen LogP contribution in [0, 0.1) is 0 Å². The summed E-state index contributed by atoms with van der Waals surface area (Å²) in [4.78, 5) is 7.04. The van der Waals surface area contributed by atoms with Gasteiger partial charge >= 0.3 is 0 Å². The molecule has 0 saturated carbocycles. The quantitative estimate of drug-likeness (QED) is 0.406. The first-order chi connectivity index (χ1) is 11.2. The van der Waals surface area contributed by atoms with Gasteiger partial charge in [-0.2, -0.15) is 0 Å². The highest BCUT2D eigenvalue weighted by Crippen LogP contribution is 2.26. The standard InChI is InChI=1S/C18H12BrClN2S/c19-14-5-3-13(4-6-14)17-11-22-10-16(23-18(22)21-17)9-12-1-7-15(20)8-2-12/h1-8,10-11H,9H2. The lowest BCUT2D eigenvalue weighted by atomic mass is 10.1. The molecule has 0 radical (unpaired) electrons. The van der Waals surface area contributed by atoms with Crippen LogP contribution < -0.4 is 0 Å². The van der Waals surface area contributed by atoms with Gasteiger partial charge in [-0.05, 0) is 29.8 Å². The van der Waals surface area contributed by atoms with E-state index >= 15 is 0 Å². The van der Waals surface area contributed by atoms with Crippen LogP contribution >= 0.6 is 38.9 Å². The summed E-state index contributed by atoms with van der Waals surface area (Å²) in [5, 5.41) is 0.772. The molecular formula is C18H12BrClN2S. The predicted octanol–water partition coefficient (Wildman–Crippen LogP) is 6.07. The highest BCUT2D eigenvalue weighted by molar-refractivity contribution is 9.10. The molecule has 2 aromatic heterocycles. The molecule has 0 saturated heterocycles. The van der Waals surface area contributed by atoms with Gasteiger partial charge in [-0.25, -0.2) is 4.98 Å². The molecule has 2 nitrogen and oxygen atoms in total. The monoisotopic (exact) mass is 402 g/mol. The van der Waals surface area contributed by atoms with Crippen molar-refractivity contribution >= 4 is 43.8 Å². The molecule has 0 spiro atoms. The maximum Gasteiger partial charge on any atom is 0.194 e. The van der Waals surface area contributed by atoms with Gasteiger partial charge in [0.2, 0.25) is 0 Å². The molecule has 0 atom stereocenters. The lowest BCUT2D eigenvalue weighted by Gasteiger charge is -1.98. The van der Waals surface area contributed by atoms with Gasteiger partial charge in [-0.15, -0.1) is 11.3 Å². The summed E-state index contributed by atoms with van der Waals surface area (Å²) >= 11 is 11.1. The Bertz CT molecular complexity index is 924. The second-order valence-electron chi connectivity index (χ2n) is 5.32. The van der Waals surface area contributed by atoms with Crippen molar-refractivity contribution in [1.82, 2.24) is 9.38 Å². The van der Waals surface area contributed by atoms with Gasteiger partial charge in [-0.1, -0.05) is 51.8 Å². The van der Waals surface area contributed by atoms with Gasteiger partial charge in [0.25, 0.3) is 0 Å². The number of rotatable bonds is 3. The minimum absolute atomic E-state index is 0.772. The number of halogens is 2. The van der Waals surface area contributed by atoms with E-state index in [-0.39, 0.29) is 0 Å². The second kappa shape index (κ2) is 6.11. The largest absolute Gasteiger partial charge is 0.297 e. The average molecular weight is 404 g/mol. The molecule has 0 amide bonds. The van der Waals surface area contributed by atoms with Crippen LogP contribution in [-0.4, -0.2) is 9.38 Å². The van der Waals surface area contributed by atoms with E-state index in [2.05, 4.69) is 57.0 Å². The van der Waals surface area contributed by atoms with E-state index in [4.69, 9.17) is 16.6 Å². The molecular weight excluding hydrogens is 392 g/mol. The molecule has 0 aliphatic carbocycles. The molecule has 4 rings (SSSR count). The summed E-state index contributed by atoms with van der Waals surface area (Å²) in [5.74, 6) is 0. The van der Waals surface area contributed by atoms with Crippen molar-refractivity contribution in [1.29, 1.82) is 0 Å². The van der Waals surface area contributed by atoms with Crippen LogP contribution in [0.15, 0.2) is 65.4 Å². The Balaban J connectivity index is 1.61. The first-order valence-corrected chi connectivity index (χ1v) is 9.14. The van der Waals surface area contributed by atoms with Crippen LogP contribution in [0.5, 0.6) is 0 Å². The topological polar surface area (TPSA) is 17.3 Å². The molecule has 4 aromatic rings. The summed E-state index contributed by atoms with van der Waals surface area (Å²) in [6.07, 6.45) is 5.14. The first-order valence-electron chi connectivity index (χ1n) is 7.15. The molecule has 2 aromatic carbocycles. The molecule has 2 heterocycles. The number of aromatic nitrogens is 2. The molecule has 114 valence electrons. The van der Waals surface area contributed by atoms with Gasteiger partial charge in [0.05, 0.1) is 5.69 Å². The lowest BCUT2D eigenvalue weighted by molar-refractivity contribution is 1.16. The zero-order valence-electron chi connectivity index (χ0n) is 12.0. The Morgan fingerprint density at radius 3 is 2.43 bits per heavy atom. The lowest BCUT2D eigenvalue weighted by Crippen LogP contribution is -1.84. The van der Waals surface area contributed by atoms with E-state index < -0.39 is 0 Å². The first kappa shape index (κ1) is 14.9. The van der Waals surface area contributed by atoms with Crippen LogP contribution in [-0.2, 0) is 6.42 Å². The van der Waals surface area contributed by atoms with Crippen molar-refractivity contribution in [3.05, 3.63) is 80.9 Å². The van der Waals surface area contributed by atoms with Crippen LogP contribution in [0.2, 0.25) is 5.02 Å². The Morgan fingerprint density at radius 1 is 1.00 bits per heavy atom. The van der Waals surface area contributed by atoms with Crippen LogP contribution in [0.4, 0.5) is 0 Å². The van der Waals surface area contributed by atoms with Crippen LogP contribution in [0.25, 0.3) is 16.2 Å². The second-order valence-corrected chi connectivity index (χ2v) is 7.77. The van der Waals surface area contributed by atoms with Gasteiger partial charge in [0, 0.05) is 38.8 Å². The Labute approximate surface area is 151 Å². The van der Waals surface area contributed by atoms with E-state index in [9.17, 15) is 0 Å². The number of thiazole rings is 1. The van der Waals surface area contributed by atoms with Crippen molar-refractivity contribution < 1.29 is 0 Å². The van der Waals surface area contributed by atoms with Crippen molar-refractivity contribution in [2.75, 3.05) is 0 Å². The average Bonchev–Trinajstić information content (AvgIpc) is 3.09. The van der Waals surface area contributed by atoms with Crippen molar-refractivity contribution in [3.63, 3.8) is 0 Å². The van der Waals surface area contributed by atoms with E-state index in [0.717, 1.165) is 32.1 Å². The molecule has 0 bridgehead atoms. The molecule has 0 aliphatic rings. The Hall–Kier alpha value is -1.62. The van der Waals surface area contributed by atoms with E-state index in [0.29, 0.717) is 0 Å². The highest BCUT2D eigenvalue weighted by Gasteiger charge is 2.09. The molecule has 0 fully saturated rings. The molecule has 5 heteroatoms. The molecule has 0 aliphatic heterocycles. The fourth-order valence-corrected chi connectivity index (χ4v) is 3.87. The van der Waals surface area contributed by atoms with E-state index in [1.54, 1.807) is 11.3 Å². The van der Waals surface area contributed by atoms with Crippen molar-refractivity contribution in [2.45, 2.75) is 6.42 Å². The van der Waals surface area contributed by atoms with Crippen LogP contribution in [0.3, 0.4) is 0 Å². The fourth-order valence-electron chi connectivity index (χ4n) is 2.49. The van der Waals surface area contributed by atoms with Gasteiger partial charge in [0.1, 0.15) is 0 Å². The number of fused-ring (bicyclic) bond motifs is 1. The highest BCUT2D eigenvalue weighted by atomic mass is 79.9. The molecule has 23 heavy (non-hydrogen) atoms. The number of hydrogen-bond donors (Lipinski definition) is 0. The summed E-state index contributed by atoms with van der Waals surface area (Å²) < 4.78 is 3.18. The Morgan fingerprint density at radius 2 is 1.74 bits per heavy atom. The summed E-state index contributed by atoms with van der Waals surface area (Å²) in [6.45, 7) is 0. The number of hydrogen-bond acceptors (Lipinski definition) is 2. The minimum atomic E-state index is 0.772. The fraction of sp³-hybridized carbons (Fsp3) is 0.0556. The number of nitrogens with zero attached hydrogens (tertiary/aromatic N) is 2. The minimum Gasteiger partial charge on any atom is -0.297 e. The third-order valence-corrected chi connectivity index (χ3v) is 5.41. The number of benzene rings is 2. The smallest absolute Gasteiger partial charge is 0.194 e. The Kier molecular flexibility index (Phi) is 3.97. The van der Waals surface area contributed by atoms with Gasteiger partial charge in [-0.3, -0.25) is 4.40 Å². The van der Waals surface area contributed by atoms with Crippen LogP contribution in [0.1, 0.15) is 10.4 Å². The zero-order chi connectivity index (χ0) is 15.8. The van der Waals surface area contributed by atoms with Gasteiger partial charge < -0.3 is 0 Å². The van der Waals surface area contributed by atoms with Gasteiger partial charge in [0.15, 0.2) is 4.96 Å². The predicted molar refractivity (Wildman–Crippen MR) is 100 cm³/mol. The summed E-state index contributed by atoms with van der Waals surface area (Å²) in [5.41, 5.74) is 3.39.